The van der Waals surface area contributed by atoms with Gasteiger partial charge in [0.1, 0.15) is 0 Å². The lowest BCUT2D eigenvalue weighted by atomic mass is 10.3. The summed E-state index contributed by atoms with van der Waals surface area (Å²) < 4.78 is 1.96. The van der Waals surface area contributed by atoms with Gasteiger partial charge in [-0.15, -0.1) is 10.2 Å². The van der Waals surface area contributed by atoms with Gasteiger partial charge in [0.25, 0.3) is 0 Å². The van der Waals surface area contributed by atoms with Crippen molar-refractivity contribution in [2.75, 3.05) is 11.1 Å². The summed E-state index contributed by atoms with van der Waals surface area (Å²) >= 11 is 7.37. The monoisotopic (exact) mass is 355 g/mol. The van der Waals surface area contributed by atoms with Gasteiger partial charge in [0.15, 0.2) is 11.0 Å². The summed E-state index contributed by atoms with van der Waals surface area (Å²) in [6.07, 6.45) is 0. The van der Waals surface area contributed by atoms with E-state index in [0.717, 1.165) is 17.2 Å². The molecule has 0 unspecified atom stereocenters. The molecular weight excluding hydrogens is 342 g/mol. The van der Waals surface area contributed by atoms with E-state index in [4.69, 9.17) is 16.9 Å². The van der Waals surface area contributed by atoms with E-state index in [1.165, 1.54) is 11.8 Å². The van der Waals surface area contributed by atoms with E-state index < -0.39 is 0 Å². The third-order valence-corrected chi connectivity index (χ3v) is 4.29. The highest BCUT2D eigenvalue weighted by atomic mass is 35.5. The summed E-state index contributed by atoms with van der Waals surface area (Å²) in [5.41, 5.74) is 1.88. The number of hydrogen-bond donors (Lipinski definition) is 1. The number of nitrogens with one attached hydrogen (secondary N) is 1. The van der Waals surface area contributed by atoms with E-state index in [2.05, 4.69) is 21.6 Å². The molecule has 3 aromatic rings. The lowest BCUT2D eigenvalue weighted by molar-refractivity contribution is 0.842. The molecule has 0 aliphatic carbocycles. The van der Waals surface area contributed by atoms with E-state index >= 15 is 0 Å². The number of para-hydroxylation sites is 1. The van der Waals surface area contributed by atoms with Crippen molar-refractivity contribution in [2.24, 2.45) is 0 Å². The highest BCUT2D eigenvalue weighted by Crippen LogP contribution is 2.22. The van der Waals surface area contributed by atoms with Crippen molar-refractivity contribution in [1.82, 2.24) is 14.8 Å². The van der Waals surface area contributed by atoms with Crippen molar-refractivity contribution in [3.63, 3.8) is 0 Å². The van der Waals surface area contributed by atoms with Crippen LogP contribution in [0.5, 0.6) is 0 Å². The Balaban J connectivity index is 1.87. The molecule has 0 saturated heterocycles. The fourth-order valence-electron chi connectivity index (χ4n) is 2.22. The Labute approximate surface area is 149 Å². The van der Waals surface area contributed by atoms with Gasteiger partial charge < -0.3 is 5.32 Å². The number of thioether (sulfide) groups is 1. The minimum Gasteiger partial charge on any atom is -0.378 e. The van der Waals surface area contributed by atoms with Crippen LogP contribution in [0, 0.1) is 11.3 Å². The first kappa shape index (κ1) is 16.4. The summed E-state index contributed by atoms with van der Waals surface area (Å²) in [6.45, 7) is 0.495. The molecule has 1 N–H and O–H groups in total. The van der Waals surface area contributed by atoms with E-state index in [1.54, 1.807) is 0 Å². The number of halogens is 1. The number of hydrogen-bond acceptors (Lipinski definition) is 5. The smallest absolute Gasteiger partial charge is 0.196 e. The van der Waals surface area contributed by atoms with Gasteiger partial charge in [-0.2, -0.15) is 5.26 Å². The SMILES string of the molecule is N#CCSc1nnc(CNc2cccc(Cl)c2)n1-c1ccccc1. The molecule has 3 rings (SSSR count). The predicted molar refractivity (Wildman–Crippen MR) is 96.5 cm³/mol. The highest BCUT2D eigenvalue weighted by molar-refractivity contribution is 7.99. The third kappa shape index (κ3) is 3.88. The summed E-state index contributed by atoms with van der Waals surface area (Å²) in [6, 6.07) is 19.5. The topological polar surface area (TPSA) is 66.5 Å². The van der Waals surface area contributed by atoms with Gasteiger partial charge in [-0.1, -0.05) is 47.6 Å². The largest absolute Gasteiger partial charge is 0.378 e. The number of anilines is 1. The molecule has 0 fully saturated rings. The molecule has 0 amide bonds. The molecule has 2 aromatic carbocycles. The fraction of sp³-hybridized carbons (Fsp3) is 0.118. The maximum atomic E-state index is 8.82. The van der Waals surface area contributed by atoms with Crippen molar-refractivity contribution in [3.05, 3.63) is 65.4 Å². The number of rotatable bonds is 6. The van der Waals surface area contributed by atoms with Gasteiger partial charge in [-0.3, -0.25) is 4.57 Å². The standard InChI is InChI=1S/C17H14ClN5S/c18-13-5-4-6-14(11-13)20-12-16-21-22-17(24-10-9-19)23(16)15-7-2-1-3-8-15/h1-8,11,20H,10,12H2. The number of aromatic nitrogens is 3. The first-order valence-corrected chi connectivity index (χ1v) is 8.63. The Kier molecular flexibility index (Phi) is 5.36. The van der Waals surface area contributed by atoms with Gasteiger partial charge >= 0.3 is 0 Å². The zero-order chi connectivity index (χ0) is 16.8. The van der Waals surface area contributed by atoms with Gasteiger partial charge in [-0.25, -0.2) is 0 Å². The van der Waals surface area contributed by atoms with Gasteiger partial charge in [-0.05, 0) is 30.3 Å². The fourth-order valence-corrected chi connectivity index (χ4v) is 3.04. The normalized spacial score (nSPS) is 10.3. The van der Waals surface area contributed by atoms with Gasteiger partial charge in [0.05, 0.1) is 18.4 Å². The second-order valence-corrected chi connectivity index (χ2v) is 6.26. The molecule has 0 aliphatic heterocycles. The lowest BCUT2D eigenvalue weighted by Crippen LogP contribution is -2.08. The molecule has 0 radical (unpaired) electrons. The molecule has 7 heteroatoms. The van der Waals surface area contributed by atoms with Crippen LogP contribution >= 0.6 is 23.4 Å². The van der Waals surface area contributed by atoms with E-state index in [0.29, 0.717) is 22.5 Å². The molecule has 1 aromatic heterocycles. The molecule has 24 heavy (non-hydrogen) atoms. The molecule has 0 saturated carbocycles. The molecule has 0 bridgehead atoms. The average Bonchev–Trinajstić information content (AvgIpc) is 3.02. The van der Waals surface area contributed by atoms with Crippen LogP contribution in [0.4, 0.5) is 5.69 Å². The van der Waals surface area contributed by atoms with Crippen molar-refractivity contribution in [3.8, 4) is 11.8 Å². The third-order valence-electron chi connectivity index (χ3n) is 3.26. The Bertz CT molecular complexity index is 857. The van der Waals surface area contributed by atoms with Crippen LogP contribution in [0.25, 0.3) is 5.69 Å². The zero-order valence-corrected chi connectivity index (χ0v) is 14.3. The average molecular weight is 356 g/mol. The molecule has 1 heterocycles. The van der Waals surface area contributed by atoms with Crippen LogP contribution in [0.15, 0.2) is 59.8 Å². The Morgan fingerprint density at radius 3 is 2.71 bits per heavy atom. The van der Waals surface area contributed by atoms with E-state index in [9.17, 15) is 0 Å². The first-order valence-electron chi connectivity index (χ1n) is 7.27. The summed E-state index contributed by atoms with van der Waals surface area (Å²) in [4.78, 5) is 0. The second kappa shape index (κ2) is 7.86. The Hall–Kier alpha value is -2.49. The number of nitriles is 1. The van der Waals surface area contributed by atoms with E-state index in [1.807, 2.05) is 59.2 Å². The first-order chi connectivity index (χ1) is 11.8. The van der Waals surface area contributed by atoms with Crippen LogP contribution < -0.4 is 5.32 Å². The summed E-state index contributed by atoms with van der Waals surface area (Å²) in [5, 5.41) is 22.0. The van der Waals surface area contributed by atoms with Crippen LogP contribution in [-0.4, -0.2) is 20.5 Å². The second-order valence-electron chi connectivity index (χ2n) is 4.88. The molecule has 0 atom stereocenters. The number of benzene rings is 2. The van der Waals surface area contributed by atoms with Crippen molar-refractivity contribution in [1.29, 1.82) is 5.26 Å². The number of nitrogens with zero attached hydrogens (tertiary/aromatic N) is 4. The van der Waals surface area contributed by atoms with Crippen molar-refractivity contribution in [2.45, 2.75) is 11.7 Å². The van der Waals surface area contributed by atoms with Crippen LogP contribution in [0.2, 0.25) is 5.02 Å². The minimum atomic E-state index is 0.326. The molecule has 120 valence electrons. The Morgan fingerprint density at radius 2 is 1.96 bits per heavy atom. The quantitative estimate of drug-likeness (QED) is 0.673. The molecule has 5 nitrogen and oxygen atoms in total. The maximum absolute atomic E-state index is 8.82. The van der Waals surface area contributed by atoms with E-state index in [-0.39, 0.29) is 0 Å². The van der Waals surface area contributed by atoms with Gasteiger partial charge in [0, 0.05) is 16.4 Å². The molecule has 0 spiro atoms. The van der Waals surface area contributed by atoms with Crippen LogP contribution in [0.1, 0.15) is 5.82 Å². The molecule has 0 aliphatic rings. The lowest BCUT2D eigenvalue weighted by Gasteiger charge is -2.11. The molecular formula is C17H14ClN5S. The maximum Gasteiger partial charge on any atom is 0.196 e. The van der Waals surface area contributed by atoms with Crippen LogP contribution in [0.3, 0.4) is 0 Å². The Morgan fingerprint density at radius 1 is 1.12 bits per heavy atom. The highest BCUT2D eigenvalue weighted by Gasteiger charge is 2.14. The minimum absolute atomic E-state index is 0.326. The predicted octanol–water partition coefficient (Wildman–Crippen LogP) is 4.15. The van der Waals surface area contributed by atoms with Gasteiger partial charge in [0.2, 0.25) is 0 Å². The summed E-state index contributed by atoms with van der Waals surface area (Å²) in [7, 11) is 0. The van der Waals surface area contributed by atoms with Crippen molar-refractivity contribution >= 4 is 29.1 Å². The van der Waals surface area contributed by atoms with Crippen molar-refractivity contribution < 1.29 is 0 Å². The summed E-state index contributed by atoms with van der Waals surface area (Å²) in [5.74, 6) is 1.09. The van der Waals surface area contributed by atoms with Crippen LogP contribution in [-0.2, 0) is 6.54 Å². The zero-order valence-electron chi connectivity index (χ0n) is 12.7.